The number of nitrogen functional groups attached to an aromatic ring is 1. The molecule has 1 aromatic heterocycles. The number of ether oxygens (including phenoxy) is 1. The molecule has 0 aliphatic rings. The van der Waals surface area contributed by atoms with E-state index >= 15 is 0 Å². The first-order chi connectivity index (χ1) is 9.26. The minimum Gasteiger partial charge on any atom is -0.462 e. The van der Waals surface area contributed by atoms with Crippen LogP contribution in [0.3, 0.4) is 0 Å². The number of carbonyl (C=O) groups is 1. The van der Waals surface area contributed by atoms with Gasteiger partial charge in [-0.05, 0) is 13.0 Å². The molecule has 0 aliphatic carbocycles. The molecule has 0 aliphatic heterocycles. The number of hydrogen-bond acceptors (Lipinski definition) is 5. The highest BCUT2D eigenvalue weighted by molar-refractivity contribution is 5.97. The molecule has 8 heteroatoms. The van der Waals surface area contributed by atoms with Gasteiger partial charge in [-0.15, -0.1) is 0 Å². The zero-order chi connectivity index (χ0) is 15.3. The molecule has 0 bridgehead atoms. The predicted molar refractivity (Wildman–Crippen MR) is 68.5 cm³/mol. The Balaban J connectivity index is 2.90. The second-order valence-corrected chi connectivity index (χ2v) is 4.10. The van der Waals surface area contributed by atoms with Gasteiger partial charge in [0.15, 0.2) is 5.82 Å². The SMILES string of the molecule is CCOC(=O)c1ccnc(N(C)CCC(F)(F)F)c1N. The van der Waals surface area contributed by atoms with Crippen LogP contribution in [-0.2, 0) is 4.74 Å². The molecule has 0 aromatic carbocycles. The molecule has 1 aromatic rings. The van der Waals surface area contributed by atoms with E-state index in [0.717, 1.165) is 0 Å². The van der Waals surface area contributed by atoms with Crippen LogP contribution in [0.15, 0.2) is 12.3 Å². The molecule has 0 radical (unpaired) electrons. The van der Waals surface area contributed by atoms with E-state index in [1.807, 2.05) is 0 Å². The second kappa shape index (κ2) is 6.44. The summed E-state index contributed by atoms with van der Waals surface area (Å²) in [6.07, 6.45) is -3.95. The summed E-state index contributed by atoms with van der Waals surface area (Å²) in [5.41, 5.74) is 5.87. The lowest BCUT2D eigenvalue weighted by Gasteiger charge is -2.21. The van der Waals surface area contributed by atoms with Crippen LogP contribution in [0.2, 0.25) is 0 Å². The molecule has 0 fully saturated rings. The van der Waals surface area contributed by atoms with Crippen LogP contribution >= 0.6 is 0 Å². The van der Waals surface area contributed by atoms with Crippen molar-refractivity contribution in [3.8, 4) is 0 Å². The van der Waals surface area contributed by atoms with E-state index in [9.17, 15) is 18.0 Å². The molecule has 5 nitrogen and oxygen atoms in total. The predicted octanol–water partition coefficient (Wildman–Crippen LogP) is 2.23. The van der Waals surface area contributed by atoms with E-state index in [-0.39, 0.29) is 30.2 Å². The maximum Gasteiger partial charge on any atom is 0.390 e. The molecular weight excluding hydrogens is 275 g/mol. The lowest BCUT2D eigenvalue weighted by atomic mass is 10.2. The third-order valence-electron chi connectivity index (χ3n) is 2.56. The summed E-state index contributed by atoms with van der Waals surface area (Å²) in [4.78, 5) is 16.8. The smallest absolute Gasteiger partial charge is 0.390 e. The number of esters is 1. The average Bonchev–Trinajstić information content (AvgIpc) is 2.35. The Labute approximate surface area is 114 Å². The van der Waals surface area contributed by atoms with Crippen molar-refractivity contribution in [2.75, 3.05) is 30.8 Å². The van der Waals surface area contributed by atoms with Gasteiger partial charge in [0.2, 0.25) is 0 Å². The number of anilines is 2. The Hall–Kier alpha value is -1.99. The first-order valence-corrected chi connectivity index (χ1v) is 5.95. The standard InChI is InChI=1S/C12H16F3N3O2/c1-3-20-11(19)8-4-6-17-10(9(8)16)18(2)7-5-12(13,14)15/h4,6H,3,5,7,16H2,1-2H3. The van der Waals surface area contributed by atoms with Crippen LogP contribution in [0.25, 0.3) is 0 Å². The summed E-state index contributed by atoms with van der Waals surface area (Å²) >= 11 is 0. The second-order valence-electron chi connectivity index (χ2n) is 4.10. The van der Waals surface area contributed by atoms with Crippen molar-refractivity contribution in [3.05, 3.63) is 17.8 Å². The third-order valence-corrected chi connectivity index (χ3v) is 2.56. The Kier molecular flexibility index (Phi) is 5.18. The maximum absolute atomic E-state index is 12.2. The van der Waals surface area contributed by atoms with Crippen molar-refractivity contribution in [1.82, 2.24) is 4.98 Å². The van der Waals surface area contributed by atoms with Crippen molar-refractivity contribution >= 4 is 17.5 Å². The van der Waals surface area contributed by atoms with Crippen molar-refractivity contribution in [2.24, 2.45) is 0 Å². The van der Waals surface area contributed by atoms with Gasteiger partial charge in [0.25, 0.3) is 0 Å². The van der Waals surface area contributed by atoms with Crippen molar-refractivity contribution in [1.29, 1.82) is 0 Å². The van der Waals surface area contributed by atoms with E-state index < -0.39 is 18.6 Å². The number of nitrogens with zero attached hydrogens (tertiary/aromatic N) is 2. The largest absolute Gasteiger partial charge is 0.462 e. The highest BCUT2D eigenvalue weighted by Crippen LogP contribution is 2.26. The summed E-state index contributed by atoms with van der Waals surface area (Å²) in [5, 5.41) is 0. The van der Waals surface area contributed by atoms with Gasteiger partial charge in [0.1, 0.15) is 0 Å². The summed E-state index contributed by atoms with van der Waals surface area (Å²) in [7, 11) is 1.43. The quantitative estimate of drug-likeness (QED) is 0.842. The highest BCUT2D eigenvalue weighted by Gasteiger charge is 2.28. The lowest BCUT2D eigenvalue weighted by molar-refractivity contribution is -0.132. The number of pyridine rings is 1. The fourth-order valence-corrected chi connectivity index (χ4v) is 1.55. The normalized spacial score (nSPS) is 11.2. The van der Waals surface area contributed by atoms with Gasteiger partial charge in [0.05, 0.1) is 24.3 Å². The molecule has 0 saturated heterocycles. The van der Waals surface area contributed by atoms with Gasteiger partial charge in [-0.3, -0.25) is 0 Å². The number of hydrogen-bond donors (Lipinski definition) is 1. The van der Waals surface area contributed by atoms with E-state index in [4.69, 9.17) is 10.5 Å². The highest BCUT2D eigenvalue weighted by atomic mass is 19.4. The molecule has 2 N–H and O–H groups in total. The Bertz CT molecular complexity index is 478. The summed E-state index contributed by atoms with van der Waals surface area (Å²) < 4.78 is 41.4. The molecule has 1 heterocycles. The van der Waals surface area contributed by atoms with Gasteiger partial charge >= 0.3 is 12.1 Å². The number of carbonyl (C=O) groups excluding carboxylic acids is 1. The zero-order valence-electron chi connectivity index (χ0n) is 11.2. The van der Waals surface area contributed by atoms with Crippen LogP contribution in [-0.4, -0.2) is 37.3 Å². The molecule has 0 saturated carbocycles. The van der Waals surface area contributed by atoms with Crippen molar-refractivity contribution < 1.29 is 22.7 Å². The number of rotatable bonds is 5. The average molecular weight is 291 g/mol. The third kappa shape index (κ3) is 4.29. The Morgan fingerprint density at radius 1 is 1.50 bits per heavy atom. The first kappa shape index (κ1) is 16.1. The fourth-order valence-electron chi connectivity index (χ4n) is 1.55. The van der Waals surface area contributed by atoms with Crippen LogP contribution in [0, 0.1) is 0 Å². The monoisotopic (exact) mass is 291 g/mol. The van der Waals surface area contributed by atoms with Crippen LogP contribution in [0.1, 0.15) is 23.7 Å². The molecule has 20 heavy (non-hydrogen) atoms. The lowest BCUT2D eigenvalue weighted by Crippen LogP contribution is -2.26. The minimum atomic E-state index is -4.26. The Morgan fingerprint density at radius 2 is 2.15 bits per heavy atom. The molecule has 0 amide bonds. The van der Waals surface area contributed by atoms with E-state index in [0.29, 0.717) is 0 Å². The molecule has 1 rings (SSSR count). The number of alkyl halides is 3. The molecule has 0 spiro atoms. The van der Waals surface area contributed by atoms with E-state index in [2.05, 4.69) is 4.98 Å². The fraction of sp³-hybridized carbons (Fsp3) is 0.500. The minimum absolute atomic E-state index is 0.00984. The number of halogens is 3. The zero-order valence-corrected chi connectivity index (χ0v) is 11.2. The maximum atomic E-state index is 12.2. The number of nitrogens with two attached hydrogens (primary N) is 1. The topological polar surface area (TPSA) is 68.5 Å². The van der Waals surface area contributed by atoms with Gasteiger partial charge in [-0.2, -0.15) is 13.2 Å². The molecule has 0 unspecified atom stereocenters. The molecular formula is C12H16F3N3O2. The first-order valence-electron chi connectivity index (χ1n) is 5.95. The Morgan fingerprint density at radius 3 is 2.70 bits per heavy atom. The van der Waals surface area contributed by atoms with Gasteiger partial charge < -0.3 is 15.4 Å². The van der Waals surface area contributed by atoms with E-state index in [1.54, 1.807) is 6.92 Å². The van der Waals surface area contributed by atoms with E-state index in [1.165, 1.54) is 24.2 Å². The summed E-state index contributed by atoms with van der Waals surface area (Å²) in [5.74, 6) is -0.502. The number of aromatic nitrogens is 1. The summed E-state index contributed by atoms with van der Waals surface area (Å²) in [6.45, 7) is 1.53. The molecule has 0 atom stereocenters. The van der Waals surface area contributed by atoms with Crippen LogP contribution in [0.4, 0.5) is 24.7 Å². The molecule has 112 valence electrons. The van der Waals surface area contributed by atoms with Crippen molar-refractivity contribution in [2.45, 2.75) is 19.5 Å². The summed E-state index contributed by atoms with van der Waals surface area (Å²) in [6, 6.07) is 1.37. The van der Waals surface area contributed by atoms with Crippen LogP contribution < -0.4 is 10.6 Å². The van der Waals surface area contributed by atoms with Gasteiger partial charge in [-0.1, -0.05) is 0 Å². The van der Waals surface area contributed by atoms with Gasteiger partial charge in [-0.25, -0.2) is 9.78 Å². The van der Waals surface area contributed by atoms with Crippen LogP contribution in [0.5, 0.6) is 0 Å². The van der Waals surface area contributed by atoms with Crippen molar-refractivity contribution in [3.63, 3.8) is 0 Å². The van der Waals surface area contributed by atoms with Gasteiger partial charge in [0, 0.05) is 19.8 Å².